The second-order valence-electron chi connectivity index (χ2n) is 5.21. The molecule has 0 saturated heterocycles. The first kappa shape index (κ1) is 14.3. The molecule has 0 radical (unpaired) electrons. The average Bonchev–Trinajstić information content (AvgIpc) is 3.22. The third kappa shape index (κ3) is 6.03. The molecule has 1 saturated carbocycles. The Hall–Kier alpha value is -1.13. The van der Waals surface area contributed by atoms with E-state index < -0.39 is 6.10 Å². The molecular formula is C15H22FNO2. The highest BCUT2D eigenvalue weighted by Crippen LogP contribution is 2.33. The number of nitrogens with one attached hydrogen (secondary N) is 1. The number of hydrogen-bond acceptors (Lipinski definition) is 3. The minimum Gasteiger partial charge on any atom is -0.491 e. The lowest BCUT2D eigenvalue weighted by Gasteiger charge is -2.13. The van der Waals surface area contributed by atoms with Crippen LogP contribution >= 0.6 is 0 Å². The van der Waals surface area contributed by atoms with Crippen molar-refractivity contribution in [2.75, 3.05) is 19.7 Å². The Kier molecular flexibility index (Phi) is 5.61. The molecule has 2 N–H and O–H groups in total. The van der Waals surface area contributed by atoms with Gasteiger partial charge in [-0.25, -0.2) is 4.39 Å². The SMILES string of the molecule is OC(CNCCCC1CC1)COc1ccc(F)cc1. The fraction of sp³-hybridized carbons (Fsp3) is 0.600. The molecule has 4 heteroatoms. The summed E-state index contributed by atoms with van der Waals surface area (Å²) in [4.78, 5) is 0. The van der Waals surface area contributed by atoms with Gasteiger partial charge in [-0.3, -0.25) is 0 Å². The average molecular weight is 267 g/mol. The Balaban J connectivity index is 1.51. The zero-order valence-electron chi connectivity index (χ0n) is 11.1. The maximum absolute atomic E-state index is 12.7. The number of benzene rings is 1. The van der Waals surface area contributed by atoms with Gasteiger partial charge in [-0.15, -0.1) is 0 Å². The van der Waals surface area contributed by atoms with Gasteiger partial charge in [0.2, 0.25) is 0 Å². The Labute approximate surface area is 113 Å². The monoisotopic (exact) mass is 267 g/mol. The molecular weight excluding hydrogens is 245 g/mol. The molecule has 0 spiro atoms. The lowest BCUT2D eigenvalue weighted by molar-refractivity contribution is 0.106. The van der Waals surface area contributed by atoms with E-state index in [1.165, 1.54) is 37.8 Å². The van der Waals surface area contributed by atoms with E-state index in [1.807, 2.05) is 0 Å². The van der Waals surface area contributed by atoms with Crippen molar-refractivity contribution in [1.29, 1.82) is 0 Å². The lowest BCUT2D eigenvalue weighted by atomic mass is 10.2. The minimum atomic E-state index is -0.536. The van der Waals surface area contributed by atoms with Crippen molar-refractivity contribution in [2.45, 2.75) is 31.8 Å². The summed E-state index contributed by atoms with van der Waals surface area (Å²) >= 11 is 0. The van der Waals surface area contributed by atoms with E-state index in [-0.39, 0.29) is 12.4 Å². The van der Waals surface area contributed by atoms with E-state index in [2.05, 4.69) is 5.32 Å². The summed E-state index contributed by atoms with van der Waals surface area (Å²) in [5.41, 5.74) is 0. The summed E-state index contributed by atoms with van der Waals surface area (Å²) in [7, 11) is 0. The van der Waals surface area contributed by atoms with Gasteiger partial charge < -0.3 is 15.2 Å². The predicted molar refractivity (Wildman–Crippen MR) is 72.7 cm³/mol. The van der Waals surface area contributed by atoms with Crippen molar-refractivity contribution in [1.82, 2.24) is 5.32 Å². The summed E-state index contributed by atoms with van der Waals surface area (Å²) in [5, 5.41) is 12.9. The highest BCUT2D eigenvalue weighted by Gasteiger charge is 2.19. The number of halogens is 1. The molecule has 1 fully saturated rings. The summed E-state index contributed by atoms with van der Waals surface area (Å²) in [6.07, 6.45) is 4.74. The van der Waals surface area contributed by atoms with Crippen LogP contribution in [0.1, 0.15) is 25.7 Å². The van der Waals surface area contributed by atoms with E-state index in [0.717, 1.165) is 12.5 Å². The van der Waals surface area contributed by atoms with Gasteiger partial charge in [-0.1, -0.05) is 12.8 Å². The van der Waals surface area contributed by atoms with Crippen molar-refractivity contribution in [3.05, 3.63) is 30.1 Å². The first-order valence-electron chi connectivity index (χ1n) is 7.01. The van der Waals surface area contributed by atoms with Crippen LogP contribution in [0.4, 0.5) is 4.39 Å². The molecule has 0 aliphatic heterocycles. The number of hydrogen-bond donors (Lipinski definition) is 2. The molecule has 0 aromatic heterocycles. The second kappa shape index (κ2) is 7.46. The van der Waals surface area contributed by atoms with Gasteiger partial charge in [0.25, 0.3) is 0 Å². The van der Waals surface area contributed by atoms with Gasteiger partial charge >= 0.3 is 0 Å². The topological polar surface area (TPSA) is 41.5 Å². The van der Waals surface area contributed by atoms with Gasteiger partial charge in [0, 0.05) is 6.54 Å². The van der Waals surface area contributed by atoms with Crippen LogP contribution in [-0.4, -0.2) is 30.9 Å². The van der Waals surface area contributed by atoms with Gasteiger partial charge in [0.1, 0.15) is 24.3 Å². The van der Waals surface area contributed by atoms with Crippen LogP contribution in [0.2, 0.25) is 0 Å². The van der Waals surface area contributed by atoms with Crippen LogP contribution < -0.4 is 10.1 Å². The molecule has 0 amide bonds. The van der Waals surface area contributed by atoms with Crippen LogP contribution in [0.15, 0.2) is 24.3 Å². The normalized spacial score (nSPS) is 16.3. The van der Waals surface area contributed by atoms with Crippen LogP contribution in [0.5, 0.6) is 5.75 Å². The molecule has 1 atom stereocenters. The smallest absolute Gasteiger partial charge is 0.123 e. The lowest BCUT2D eigenvalue weighted by Crippen LogP contribution is -2.32. The van der Waals surface area contributed by atoms with E-state index in [0.29, 0.717) is 12.3 Å². The van der Waals surface area contributed by atoms with Crippen LogP contribution in [0.25, 0.3) is 0 Å². The molecule has 1 aromatic carbocycles. The Morgan fingerprint density at radius 1 is 1.32 bits per heavy atom. The Morgan fingerprint density at radius 2 is 2.05 bits per heavy atom. The fourth-order valence-electron chi connectivity index (χ4n) is 1.97. The standard InChI is InChI=1S/C15H22FNO2/c16-13-5-7-15(8-6-13)19-11-14(18)10-17-9-1-2-12-3-4-12/h5-8,12,14,17-18H,1-4,9-11H2. The third-order valence-electron chi connectivity index (χ3n) is 3.30. The fourth-order valence-corrected chi connectivity index (χ4v) is 1.97. The molecule has 1 unspecified atom stereocenters. The van der Waals surface area contributed by atoms with Gasteiger partial charge in [-0.05, 0) is 49.6 Å². The summed E-state index contributed by atoms with van der Waals surface area (Å²) in [6.45, 7) is 1.71. The molecule has 106 valence electrons. The summed E-state index contributed by atoms with van der Waals surface area (Å²) in [5.74, 6) is 1.26. The van der Waals surface area contributed by atoms with E-state index in [9.17, 15) is 9.50 Å². The number of aliphatic hydroxyl groups excluding tert-OH is 1. The number of aliphatic hydroxyl groups is 1. The maximum atomic E-state index is 12.7. The van der Waals surface area contributed by atoms with Crippen LogP contribution in [-0.2, 0) is 0 Å². The first-order valence-corrected chi connectivity index (χ1v) is 7.01. The molecule has 2 rings (SSSR count). The van der Waals surface area contributed by atoms with E-state index in [4.69, 9.17) is 4.74 Å². The zero-order chi connectivity index (χ0) is 13.5. The molecule has 0 heterocycles. The maximum Gasteiger partial charge on any atom is 0.123 e. The quantitative estimate of drug-likeness (QED) is 0.675. The predicted octanol–water partition coefficient (Wildman–Crippen LogP) is 2.35. The first-order chi connectivity index (χ1) is 9.24. The molecule has 1 aliphatic carbocycles. The second-order valence-corrected chi connectivity index (χ2v) is 5.21. The molecule has 19 heavy (non-hydrogen) atoms. The van der Waals surface area contributed by atoms with E-state index >= 15 is 0 Å². The number of rotatable bonds is 9. The minimum absolute atomic E-state index is 0.223. The van der Waals surface area contributed by atoms with Gasteiger partial charge in [0.15, 0.2) is 0 Å². The molecule has 1 aliphatic rings. The van der Waals surface area contributed by atoms with Crippen molar-refractivity contribution in [2.24, 2.45) is 5.92 Å². The van der Waals surface area contributed by atoms with Crippen molar-refractivity contribution >= 4 is 0 Å². The van der Waals surface area contributed by atoms with E-state index in [1.54, 1.807) is 12.1 Å². The Bertz CT molecular complexity index is 365. The van der Waals surface area contributed by atoms with Crippen molar-refractivity contribution in [3.63, 3.8) is 0 Å². The highest BCUT2D eigenvalue weighted by molar-refractivity contribution is 5.22. The zero-order valence-corrected chi connectivity index (χ0v) is 11.1. The molecule has 1 aromatic rings. The Morgan fingerprint density at radius 3 is 2.74 bits per heavy atom. The van der Waals surface area contributed by atoms with Gasteiger partial charge in [0.05, 0.1) is 0 Å². The molecule has 3 nitrogen and oxygen atoms in total. The van der Waals surface area contributed by atoms with Crippen molar-refractivity contribution in [3.8, 4) is 5.75 Å². The summed E-state index contributed by atoms with van der Waals surface area (Å²) < 4.78 is 18.0. The summed E-state index contributed by atoms with van der Waals surface area (Å²) in [6, 6.07) is 5.81. The van der Waals surface area contributed by atoms with Crippen LogP contribution in [0.3, 0.4) is 0 Å². The highest BCUT2D eigenvalue weighted by atomic mass is 19.1. The van der Waals surface area contributed by atoms with Crippen LogP contribution in [0, 0.1) is 11.7 Å². The van der Waals surface area contributed by atoms with Gasteiger partial charge in [-0.2, -0.15) is 0 Å². The number of ether oxygens (including phenoxy) is 1. The third-order valence-corrected chi connectivity index (χ3v) is 3.30. The molecule has 0 bridgehead atoms. The largest absolute Gasteiger partial charge is 0.491 e. The van der Waals surface area contributed by atoms with Crippen molar-refractivity contribution < 1.29 is 14.2 Å².